The first-order valence-corrected chi connectivity index (χ1v) is 14.1. The van der Waals surface area contributed by atoms with Crippen LogP contribution in [0.5, 0.6) is 0 Å². The number of fused-ring (bicyclic) bond motifs is 1. The molecular weight excluding hydrogens is 512 g/mol. The molecule has 2 atom stereocenters. The summed E-state index contributed by atoms with van der Waals surface area (Å²) in [5.41, 5.74) is 2.97. The van der Waals surface area contributed by atoms with Crippen LogP contribution in [0.4, 0.5) is 5.69 Å². The summed E-state index contributed by atoms with van der Waals surface area (Å²) in [5, 5.41) is 2.32. The molecule has 3 saturated heterocycles. The lowest BCUT2D eigenvalue weighted by Crippen LogP contribution is -2.43. The van der Waals surface area contributed by atoms with Gasteiger partial charge in [0.2, 0.25) is 18.2 Å². The van der Waals surface area contributed by atoms with Crippen molar-refractivity contribution in [2.45, 2.75) is 68.5 Å². The third-order valence-corrected chi connectivity index (χ3v) is 9.50. The number of H-pyrrole nitrogens is 1. The van der Waals surface area contributed by atoms with Crippen molar-refractivity contribution >= 4 is 34.9 Å². The van der Waals surface area contributed by atoms with Crippen LogP contribution in [0, 0.1) is 0 Å². The van der Waals surface area contributed by atoms with Crippen LogP contribution in [0.25, 0.3) is 11.0 Å². The molecule has 1 spiro atoms. The molecule has 2 N–H and O–H groups in total. The minimum Gasteiger partial charge on any atom is -0.371 e. The molecule has 1 aromatic carbocycles. The summed E-state index contributed by atoms with van der Waals surface area (Å²) < 4.78 is 3.29. The van der Waals surface area contributed by atoms with E-state index in [4.69, 9.17) is 0 Å². The number of imide groups is 1. The second-order valence-corrected chi connectivity index (χ2v) is 11.8. The molecule has 3 aromatic rings. The van der Waals surface area contributed by atoms with E-state index >= 15 is 0 Å². The molecule has 11 heteroatoms. The van der Waals surface area contributed by atoms with E-state index in [1.165, 1.54) is 4.57 Å². The molecular formula is C29H32N6O5. The van der Waals surface area contributed by atoms with Crippen molar-refractivity contribution in [3.05, 3.63) is 62.9 Å². The van der Waals surface area contributed by atoms with Crippen molar-refractivity contribution < 1.29 is 14.4 Å². The van der Waals surface area contributed by atoms with Crippen molar-refractivity contribution in [1.82, 2.24) is 24.3 Å². The largest absolute Gasteiger partial charge is 0.371 e. The van der Waals surface area contributed by atoms with Gasteiger partial charge < -0.3 is 19.4 Å². The number of nitrogens with zero attached hydrogens (tertiary/aromatic N) is 4. The second kappa shape index (κ2) is 9.21. The van der Waals surface area contributed by atoms with Gasteiger partial charge in [0, 0.05) is 61.5 Å². The molecule has 4 aliphatic rings. The van der Waals surface area contributed by atoms with E-state index in [9.17, 15) is 24.0 Å². The molecule has 40 heavy (non-hydrogen) atoms. The summed E-state index contributed by atoms with van der Waals surface area (Å²) in [7, 11) is 0. The van der Waals surface area contributed by atoms with E-state index in [0.717, 1.165) is 62.9 Å². The molecule has 1 aliphatic carbocycles. The van der Waals surface area contributed by atoms with Gasteiger partial charge >= 0.3 is 5.69 Å². The molecule has 1 saturated carbocycles. The molecule has 0 radical (unpaired) electrons. The molecule has 2 aromatic heterocycles. The molecule has 2 unspecified atom stereocenters. The molecule has 3 aliphatic heterocycles. The highest BCUT2D eigenvalue weighted by atomic mass is 16.2. The maximum atomic E-state index is 13.1. The van der Waals surface area contributed by atoms with Gasteiger partial charge in [-0.2, -0.15) is 0 Å². The number of amides is 3. The van der Waals surface area contributed by atoms with Gasteiger partial charge in [-0.25, -0.2) is 4.79 Å². The van der Waals surface area contributed by atoms with Crippen LogP contribution in [0.2, 0.25) is 0 Å². The normalized spacial score (nSPS) is 24.6. The number of imidazole rings is 1. The number of aromatic amines is 1. The maximum absolute atomic E-state index is 13.1. The molecule has 0 bridgehead atoms. The fourth-order valence-electron chi connectivity index (χ4n) is 7.10. The predicted molar refractivity (Wildman–Crippen MR) is 147 cm³/mol. The summed E-state index contributed by atoms with van der Waals surface area (Å²) in [4.78, 5) is 68.3. The smallest absolute Gasteiger partial charge is 0.327 e. The minimum absolute atomic E-state index is 0.0131. The first-order valence-electron chi connectivity index (χ1n) is 14.1. The van der Waals surface area contributed by atoms with Gasteiger partial charge in [0.15, 0.2) is 0 Å². The first kappa shape index (κ1) is 24.9. The summed E-state index contributed by atoms with van der Waals surface area (Å²) in [6, 6.07) is 8.95. The maximum Gasteiger partial charge on any atom is 0.327 e. The van der Waals surface area contributed by atoms with Gasteiger partial charge in [0.25, 0.3) is 5.56 Å². The van der Waals surface area contributed by atoms with Crippen molar-refractivity contribution in [3.63, 3.8) is 0 Å². The van der Waals surface area contributed by atoms with Crippen molar-refractivity contribution in [2.75, 3.05) is 24.5 Å². The number of hydrogen-bond acceptors (Lipinski definition) is 6. The Labute approximate surface area is 229 Å². The van der Waals surface area contributed by atoms with Crippen molar-refractivity contribution in [1.29, 1.82) is 0 Å². The highest BCUT2D eigenvalue weighted by Crippen LogP contribution is 2.53. The van der Waals surface area contributed by atoms with Crippen molar-refractivity contribution in [3.8, 4) is 0 Å². The number of hydrogen-bond donors (Lipinski definition) is 2. The monoisotopic (exact) mass is 544 g/mol. The third kappa shape index (κ3) is 4.06. The fourth-order valence-corrected chi connectivity index (χ4v) is 7.10. The Balaban J connectivity index is 1.04. The van der Waals surface area contributed by atoms with Gasteiger partial charge in [-0.1, -0.05) is 0 Å². The molecule has 11 nitrogen and oxygen atoms in total. The average Bonchev–Trinajstić information content (AvgIpc) is 3.51. The number of carbonyl (C=O) groups excluding carboxylic acids is 3. The van der Waals surface area contributed by atoms with E-state index in [2.05, 4.69) is 21.3 Å². The van der Waals surface area contributed by atoms with E-state index in [0.29, 0.717) is 24.0 Å². The Kier molecular flexibility index (Phi) is 5.72. The zero-order chi connectivity index (χ0) is 27.6. The van der Waals surface area contributed by atoms with Crippen LogP contribution in [0.3, 0.4) is 0 Å². The Morgan fingerprint density at radius 3 is 2.45 bits per heavy atom. The topological polar surface area (TPSA) is 130 Å². The Morgan fingerprint density at radius 1 is 0.975 bits per heavy atom. The van der Waals surface area contributed by atoms with Gasteiger partial charge in [-0.15, -0.1) is 0 Å². The van der Waals surface area contributed by atoms with Gasteiger partial charge in [-0.3, -0.25) is 29.1 Å². The molecule has 208 valence electrons. The molecule has 4 fully saturated rings. The standard InChI is InChI=1S/C29H32N6O5/c36-17-33-16-19(15-29(33)8-9-29)18-5-12-34(26(38)13-18)20-6-10-32(11-7-20)21-1-2-23-22(14-21)30-28(40)35(23)24-3-4-25(37)31-27(24)39/h1-2,5,12-14,17,19-20,24H,3-4,6-11,15-16H2,(H,30,40)(H,31,37,39). The molecule has 3 amide bonds. The van der Waals surface area contributed by atoms with E-state index in [-0.39, 0.29) is 41.1 Å². The molecule has 7 rings (SSSR count). The quantitative estimate of drug-likeness (QED) is 0.372. The molecule has 5 heterocycles. The summed E-state index contributed by atoms with van der Waals surface area (Å²) >= 11 is 0. The van der Waals surface area contributed by atoms with Crippen LogP contribution in [0.15, 0.2) is 46.1 Å². The Morgan fingerprint density at radius 2 is 1.77 bits per heavy atom. The number of aromatic nitrogens is 3. The second-order valence-electron chi connectivity index (χ2n) is 11.8. The highest BCUT2D eigenvalue weighted by Gasteiger charge is 2.54. The summed E-state index contributed by atoms with van der Waals surface area (Å²) in [6.07, 6.45) is 8.09. The van der Waals surface area contributed by atoms with E-state index in [1.54, 1.807) is 6.07 Å². The fraction of sp³-hybridized carbons (Fsp3) is 0.483. The Hall–Kier alpha value is -4.15. The van der Waals surface area contributed by atoms with Crippen LogP contribution >= 0.6 is 0 Å². The number of nitrogens with one attached hydrogen (secondary N) is 2. The van der Waals surface area contributed by atoms with E-state index in [1.807, 2.05) is 33.9 Å². The number of likely N-dealkylation sites (tertiary alicyclic amines) is 1. The number of carbonyl (C=O) groups is 3. The van der Waals surface area contributed by atoms with Crippen LogP contribution in [-0.2, 0) is 14.4 Å². The lowest BCUT2D eigenvalue weighted by atomic mass is 9.96. The number of benzene rings is 1. The number of piperidine rings is 2. The van der Waals surface area contributed by atoms with Crippen LogP contribution in [0.1, 0.15) is 68.5 Å². The lowest BCUT2D eigenvalue weighted by Gasteiger charge is -2.34. The summed E-state index contributed by atoms with van der Waals surface area (Å²) in [6.45, 7) is 2.22. The first-order chi connectivity index (χ1) is 19.3. The third-order valence-electron chi connectivity index (χ3n) is 9.50. The van der Waals surface area contributed by atoms with Crippen molar-refractivity contribution in [2.24, 2.45) is 0 Å². The van der Waals surface area contributed by atoms with Crippen LogP contribution in [-0.4, -0.2) is 62.4 Å². The lowest BCUT2D eigenvalue weighted by molar-refractivity contribution is -0.135. The van der Waals surface area contributed by atoms with E-state index < -0.39 is 11.9 Å². The summed E-state index contributed by atoms with van der Waals surface area (Å²) in [5.74, 6) is -0.543. The highest BCUT2D eigenvalue weighted by molar-refractivity contribution is 6.00. The van der Waals surface area contributed by atoms with Gasteiger partial charge in [-0.05, 0) is 68.4 Å². The zero-order valence-corrected chi connectivity index (χ0v) is 22.2. The average molecular weight is 545 g/mol. The number of pyridine rings is 1. The Bertz CT molecular complexity index is 1640. The SMILES string of the molecule is O=CN1CC(c2ccn(C3CCN(c4ccc5c(c4)[nH]c(=O)n5C4CCC(=O)NC4=O)CC3)c(=O)c2)CC12CC2. The van der Waals surface area contributed by atoms with Gasteiger partial charge in [0.1, 0.15) is 6.04 Å². The zero-order valence-electron chi connectivity index (χ0n) is 22.2. The number of rotatable bonds is 5. The number of anilines is 1. The van der Waals surface area contributed by atoms with Crippen LogP contribution < -0.4 is 21.5 Å². The minimum atomic E-state index is -0.710. The predicted octanol–water partition coefficient (Wildman–Crippen LogP) is 1.79. The van der Waals surface area contributed by atoms with Gasteiger partial charge in [0.05, 0.1) is 11.0 Å².